The van der Waals surface area contributed by atoms with Crippen molar-refractivity contribution in [2.45, 2.75) is 20.6 Å². The number of nitrogens with zero attached hydrogens (tertiary/aromatic N) is 1. The van der Waals surface area contributed by atoms with Crippen molar-refractivity contribution in [1.82, 2.24) is 4.98 Å². The van der Waals surface area contributed by atoms with Gasteiger partial charge in [0.05, 0.1) is 5.69 Å². The first-order chi connectivity index (χ1) is 14.3. The summed E-state index contributed by atoms with van der Waals surface area (Å²) in [6.45, 7) is -6.96. The largest absolute Gasteiger partial charge is 0.256 e. The average Bonchev–Trinajstić information content (AvgIpc) is 3.04. The van der Waals surface area contributed by atoms with Gasteiger partial charge in [0.15, 0.2) is 0 Å². The molecule has 0 radical (unpaired) electrons. The van der Waals surface area contributed by atoms with Gasteiger partial charge in [-0.1, -0.05) is 24.3 Å². The SMILES string of the molecule is [2H]C([2H])([2H])c1ccnc(-c2ccc(C([2H])([2H])[2H])c3c2sc2cc(C([2H])([2H])[2H])ccc23)c1. The fraction of sp³-hybridized carbons (Fsp3) is 0.150. The van der Waals surface area contributed by atoms with Crippen LogP contribution in [0, 0.1) is 20.6 Å². The highest BCUT2D eigenvalue weighted by atomic mass is 32.1. The minimum Gasteiger partial charge on any atom is -0.256 e. The Balaban J connectivity index is 2.07. The first-order valence-electron chi connectivity index (χ1n) is 11.2. The van der Waals surface area contributed by atoms with Crippen LogP contribution in [0.25, 0.3) is 31.4 Å². The Labute approximate surface area is 146 Å². The molecule has 0 bridgehead atoms. The van der Waals surface area contributed by atoms with Crippen molar-refractivity contribution in [3.63, 3.8) is 0 Å². The molecule has 4 rings (SSSR count). The van der Waals surface area contributed by atoms with E-state index in [0.29, 0.717) is 31.4 Å². The second-order valence-electron chi connectivity index (χ2n) is 5.11. The van der Waals surface area contributed by atoms with Crippen molar-refractivity contribution in [3.05, 3.63) is 65.4 Å². The van der Waals surface area contributed by atoms with Crippen LogP contribution in [0.15, 0.2) is 48.7 Å². The van der Waals surface area contributed by atoms with Gasteiger partial charge in [-0.25, -0.2) is 0 Å². The maximum Gasteiger partial charge on any atom is 0.0719 e. The molecule has 0 unspecified atom stereocenters. The third-order valence-electron chi connectivity index (χ3n) is 3.66. The lowest BCUT2D eigenvalue weighted by Crippen LogP contribution is -1.86. The number of hydrogen-bond acceptors (Lipinski definition) is 2. The van der Waals surface area contributed by atoms with Gasteiger partial charge in [0.25, 0.3) is 0 Å². The molecule has 2 heterocycles. The van der Waals surface area contributed by atoms with E-state index in [1.165, 1.54) is 41.8 Å². The first kappa shape index (κ1) is 6.93. The Bertz CT molecular complexity index is 1300. The van der Waals surface area contributed by atoms with E-state index in [-0.39, 0.29) is 16.7 Å². The predicted octanol–water partition coefficient (Wildman–Crippen LogP) is 6.04. The highest BCUT2D eigenvalue weighted by molar-refractivity contribution is 7.26. The lowest BCUT2D eigenvalue weighted by Gasteiger charge is -2.06. The number of pyridine rings is 1. The summed E-state index contributed by atoms with van der Waals surface area (Å²) in [7, 11) is 0. The maximum absolute atomic E-state index is 7.96. The third kappa shape index (κ3) is 2.03. The fourth-order valence-electron chi connectivity index (χ4n) is 2.66. The molecule has 0 atom stereocenters. The highest BCUT2D eigenvalue weighted by Crippen LogP contribution is 2.41. The molecule has 0 saturated carbocycles. The molecule has 2 heteroatoms. The maximum atomic E-state index is 7.96. The number of thiophene rings is 1. The molecule has 4 aromatic rings. The summed E-state index contributed by atoms with van der Waals surface area (Å²) in [5.74, 6) is 0. The molecule has 0 aliphatic rings. The molecular weight excluding hydrogens is 286 g/mol. The zero-order valence-corrected chi connectivity index (χ0v) is 12.3. The van der Waals surface area contributed by atoms with Crippen LogP contribution in [0.4, 0.5) is 0 Å². The second kappa shape index (κ2) is 4.92. The number of benzene rings is 2. The van der Waals surface area contributed by atoms with Crippen molar-refractivity contribution in [3.8, 4) is 11.3 Å². The van der Waals surface area contributed by atoms with E-state index in [1.807, 2.05) is 0 Å². The van der Waals surface area contributed by atoms with Gasteiger partial charge in [0.1, 0.15) is 0 Å². The van der Waals surface area contributed by atoms with Crippen LogP contribution in [-0.4, -0.2) is 4.98 Å². The van der Waals surface area contributed by atoms with E-state index in [9.17, 15) is 0 Å². The Morgan fingerprint density at radius 2 is 1.86 bits per heavy atom. The third-order valence-corrected chi connectivity index (χ3v) is 4.84. The number of aryl methyl sites for hydroxylation is 3. The summed E-state index contributed by atoms with van der Waals surface area (Å²) in [6.07, 6.45) is 1.42. The van der Waals surface area contributed by atoms with Gasteiger partial charge in [-0.2, -0.15) is 0 Å². The molecule has 0 N–H and O–H groups in total. The van der Waals surface area contributed by atoms with Crippen LogP contribution in [0.3, 0.4) is 0 Å². The molecule has 0 amide bonds. The van der Waals surface area contributed by atoms with Gasteiger partial charge in [-0.3, -0.25) is 4.98 Å². The second-order valence-corrected chi connectivity index (χ2v) is 6.16. The first-order valence-corrected chi connectivity index (χ1v) is 7.55. The van der Waals surface area contributed by atoms with Crippen LogP contribution in [0.2, 0.25) is 0 Å². The van der Waals surface area contributed by atoms with Gasteiger partial charge < -0.3 is 0 Å². The van der Waals surface area contributed by atoms with Gasteiger partial charge in [0, 0.05) is 44.3 Å². The van der Waals surface area contributed by atoms with E-state index in [2.05, 4.69) is 4.98 Å². The molecule has 22 heavy (non-hydrogen) atoms. The van der Waals surface area contributed by atoms with E-state index >= 15 is 0 Å². The quantitative estimate of drug-likeness (QED) is 0.417. The number of fused-ring (bicyclic) bond motifs is 3. The van der Waals surface area contributed by atoms with Crippen LogP contribution in [0.1, 0.15) is 29.0 Å². The fourth-order valence-corrected chi connectivity index (χ4v) is 3.95. The Hall–Kier alpha value is -2.19. The number of rotatable bonds is 1. The lowest BCUT2D eigenvalue weighted by molar-refractivity contribution is 1.29. The van der Waals surface area contributed by atoms with Crippen molar-refractivity contribution in [2.24, 2.45) is 0 Å². The normalized spacial score (nSPS) is 19.2. The monoisotopic (exact) mass is 312 g/mol. The van der Waals surface area contributed by atoms with E-state index in [0.717, 1.165) is 0 Å². The highest BCUT2D eigenvalue weighted by Gasteiger charge is 2.13. The predicted molar refractivity (Wildman–Crippen MR) is 96.8 cm³/mol. The molecule has 1 nitrogen and oxygen atoms in total. The topological polar surface area (TPSA) is 12.9 Å². The smallest absolute Gasteiger partial charge is 0.0719 e. The van der Waals surface area contributed by atoms with E-state index < -0.39 is 20.6 Å². The molecule has 2 aromatic heterocycles. The van der Waals surface area contributed by atoms with Crippen LogP contribution < -0.4 is 0 Å². The van der Waals surface area contributed by atoms with Gasteiger partial charge in [0.2, 0.25) is 0 Å². The average molecular weight is 312 g/mol. The summed E-state index contributed by atoms with van der Waals surface area (Å²) in [6, 6.07) is 10.7. The van der Waals surface area contributed by atoms with Crippen LogP contribution in [0.5, 0.6) is 0 Å². The van der Waals surface area contributed by atoms with Crippen molar-refractivity contribution in [1.29, 1.82) is 0 Å². The molecule has 0 aliphatic heterocycles. The molecular formula is C20H17NS. The van der Waals surface area contributed by atoms with E-state index in [1.54, 1.807) is 18.2 Å². The molecule has 0 spiro atoms. The number of hydrogen-bond donors (Lipinski definition) is 0. The van der Waals surface area contributed by atoms with Crippen LogP contribution >= 0.6 is 11.3 Å². The summed E-state index contributed by atoms with van der Waals surface area (Å²) >= 11 is 1.28. The Morgan fingerprint density at radius 3 is 2.73 bits per heavy atom. The minimum absolute atomic E-state index is 0.136. The molecule has 108 valence electrons. The molecule has 0 fully saturated rings. The zero-order valence-electron chi connectivity index (χ0n) is 20.5. The summed E-state index contributed by atoms with van der Waals surface area (Å²) in [5.41, 5.74) is 1.48. The summed E-state index contributed by atoms with van der Waals surface area (Å²) < 4.78 is 71.1. The molecule has 0 aliphatic carbocycles. The Kier molecular flexibility index (Phi) is 1.55. The van der Waals surface area contributed by atoms with E-state index in [4.69, 9.17) is 12.3 Å². The lowest BCUT2D eigenvalue weighted by atomic mass is 10.0. The van der Waals surface area contributed by atoms with Gasteiger partial charge in [-0.05, 0) is 55.4 Å². The zero-order chi connectivity index (χ0) is 22.8. The van der Waals surface area contributed by atoms with Crippen molar-refractivity contribution in [2.75, 3.05) is 0 Å². The standard InChI is InChI=1S/C20H17NS/c1-12-4-6-16-18(11-12)22-20-15(7-5-14(3)19(16)20)17-10-13(2)8-9-21-17/h4-11H,1-3H3/i1D3,2D3,3D3. The summed E-state index contributed by atoms with van der Waals surface area (Å²) in [4.78, 5) is 4.32. The molecule has 0 saturated heterocycles. The minimum atomic E-state index is -2.37. The van der Waals surface area contributed by atoms with Gasteiger partial charge in [-0.15, -0.1) is 11.3 Å². The number of aromatic nitrogens is 1. The van der Waals surface area contributed by atoms with Crippen LogP contribution in [-0.2, 0) is 0 Å². The van der Waals surface area contributed by atoms with Gasteiger partial charge >= 0.3 is 0 Å². The Morgan fingerprint density at radius 1 is 0.955 bits per heavy atom. The van der Waals surface area contributed by atoms with Crippen molar-refractivity contribution >= 4 is 31.5 Å². The summed E-state index contributed by atoms with van der Waals surface area (Å²) in [5, 5.41) is 1.16. The molecule has 2 aromatic carbocycles. The van der Waals surface area contributed by atoms with Crippen molar-refractivity contribution < 1.29 is 12.3 Å².